The van der Waals surface area contributed by atoms with Crippen molar-refractivity contribution < 1.29 is 4.74 Å². The molecule has 0 rings (SSSR count). The summed E-state index contributed by atoms with van der Waals surface area (Å²) in [6.45, 7) is 8.24. The number of ether oxygens (including phenoxy) is 1. The number of hydrogen-bond acceptors (Lipinski definition) is 1. The second kappa shape index (κ2) is 4.05. The summed E-state index contributed by atoms with van der Waals surface area (Å²) in [5.41, 5.74) is -0.0282. The molecule has 0 amide bonds. The standard InChI is InChI=1S/C8H16OSe/c1-6-7(10-5)9-8(2,3)4/h6H,1-5H3/b7-6+. The maximum atomic E-state index is 5.62. The summed E-state index contributed by atoms with van der Waals surface area (Å²) in [4.78, 5) is 0. The Kier molecular flexibility index (Phi) is 4.07. The van der Waals surface area contributed by atoms with E-state index in [4.69, 9.17) is 4.74 Å². The minimum absolute atomic E-state index is 0.0282. The van der Waals surface area contributed by atoms with E-state index in [0.717, 1.165) is 4.66 Å². The Morgan fingerprint density at radius 1 is 1.40 bits per heavy atom. The minimum atomic E-state index is -0.0282. The van der Waals surface area contributed by atoms with Crippen LogP contribution in [0, 0.1) is 0 Å². The van der Waals surface area contributed by atoms with Crippen molar-refractivity contribution in [2.75, 3.05) is 0 Å². The van der Waals surface area contributed by atoms with E-state index in [-0.39, 0.29) is 5.60 Å². The van der Waals surface area contributed by atoms with E-state index in [1.54, 1.807) is 0 Å². The van der Waals surface area contributed by atoms with E-state index in [1.807, 2.05) is 13.0 Å². The Balaban J connectivity index is 3.88. The molecule has 0 aliphatic rings. The van der Waals surface area contributed by atoms with Crippen LogP contribution in [0.3, 0.4) is 0 Å². The van der Waals surface area contributed by atoms with Crippen LogP contribution in [-0.2, 0) is 4.74 Å². The van der Waals surface area contributed by atoms with Gasteiger partial charge in [0, 0.05) is 0 Å². The average Bonchev–Trinajstić information content (AvgIpc) is 1.81. The molecule has 0 radical (unpaired) electrons. The first kappa shape index (κ1) is 10.1. The summed E-state index contributed by atoms with van der Waals surface area (Å²) in [6.07, 6.45) is 2.05. The third-order valence-electron chi connectivity index (χ3n) is 0.844. The first-order chi connectivity index (χ1) is 4.49. The second-order valence-corrected chi connectivity index (χ2v) is 4.73. The van der Waals surface area contributed by atoms with Gasteiger partial charge in [-0.05, 0) is 0 Å². The second-order valence-electron chi connectivity index (χ2n) is 3.03. The molecule has 2 heteroatoms. The number of rotatable bonds is 2. The fourth-order valence-electron chi connectivity index (χ4n) is 0.520. The predicted molar refractivity (Wildman–Crippen MR) is 46.2 cm³/mol. The molecule has 0 aliphatic carbocycles. The van der Waals surface area contributed by atoms with Crippen molar-refractivity contribution in [3.63, 3.8) is 0 Å². The molecule has 0 unspecified atom stereocenters. The zero-order valence-electron chi connectivity index (χ0n) is 7.39. The first-order valence-corrected chi connectivity index (χ1v) is 5.96. The molecule has 0 spiro atoms. The Morgan fingerprint density at radius 2 is 1.90 bits per heavy atom. The summed E-state index contributed by atoms with van der Waals surface area (Å²) >= 11 is 0.488. The van der Waals surface area contributed by atoms with Crippen LogP contribution in [0.4, 0.5) is 0 Å². The van der Waals surface area contributed by atoms with Crippen LogP contribution < -0.4 is 0 Å². The molecule has 0 saturated heterocycles. The van der Waals surface area contributed by atoms with Crippen molar-refractivity contribution in [2.24, 2.45) is 0 Å². The Morgan fingerprint density at radius 3 is 2.00 bits per heavy atom. The maximum absolute atomic E-state index is 5.62. The molecule has 10 heavy (non-hydrogen) atoms. The van der Waals surface area contributed by atoms with Gasteiger partial charge in [-0.25, -0.2) is 0 Å². The number of allylic oxidation sites excluding steroid dienone is 1. The molecular formula is C8H16OSe. The summed E-state index contributed by atoms with van der Waals surface area (Å²) in [5.74, 6) is 2.16. The predicted octanol–water partition coefficient (Wildman–Crippen LogP) is 2.42. The van der Waals surface area contributed by atoms with Crippen molar-refractivity contribution in [1.29, 1.82) is 0 Å². The van der Waals surface area contributed by atoms with E-state index < -0.39 is 0 Å². The van der Waals surface area contributed by atoms with Gasteiger partial charge >= 0.3 is 69.5 Å². The number of hydrogen-bond donors (Lipinski definition) is 0. The Bertz CT molecular complexity index is 122. The normalized spacial score (nSPS) is 13.5. The van der Waals surface area contributed by atoms with Crippen LogP contribution in [0.25, 0.3) is 0 Å². The van der Waals surface area contributed by atoms with E-state index >= 15 is 0 Å². The van der Waals surface area contributed by atoms with E-state index in [1.165, 1.54) is 0 Å². The molecule has 0 N–H and O–H groups in total. The quantitative estimate of drug-likeness (QED) is 0.499. The monoisotopic (exact) mass is 208 g/mol. The molecule has 1 nitrogen and oxygen atoms in total. The van der Waals surface area contributed by atoms with E-state index in [9.17, 15) is 0 Å². The van der Waals surface area contributed by atoms with Gasteiger partial charge in [0.1, 0.15) is 0 Å². The topological polar surface area (TPSA) is 9.23 Å². The fourth-order valence-corrected chi connectivity index (χ4v) is 1.71. The summed E-state index contributed by atoms with van der Waals surface area (Å²) in [5, 5.41) is 0. The molecular weight excluding hydrogens is 191 g/mol. The molecule has 0 fully saturated rings. The molecule has 0 aliphatic heterocycles. The Hall–Kier alpha value is 0.0595. The van der Waals surface area contributed by atoms with Crippen LogP contribution in [0.2, 0.25) is 5.82 Å². The van der Waals surface area contributed by atoms with Gasteiger partial charge in [0.25, 0.3) is 0 Å². The van der Waals surface area contributed by atoms with Crippen molar-refractivity contribution in [3.8, 4) is 0 Å². The van der Waals surface area contributed by atoms with Crippen LogP contribution >= 0.6 is 0 Å². The summed E-state index contributed by atoms with van der Waals surface area (Å²) in [7, 11) is 0. The summed E-state index contributed by atoms with van der Waals surface area (Å²) in [6, 6.07) is 0. The van der Waals surface area contributed by atoms with Crippen molar-refractivity contribution in [3.05, 3.63) is 10.7 Å². The van der Waals surface area contributed by atoms with E-state index in [0.29, 0.717) is 15.0 Å². The van der Waals surface area contributed by atoms with Crippen molar-refractivity contribution >= 4 is 15.0 Å². The van der Waals surface area contributed by atoms with Crippen LogP contribution in [0.1, 0.15) is 27.7 Å². The summed E-state index contributed by atoms with van der Waals surface area (Å²) < 4.78 is 6.76. The van der Waals surface area contributed by atoms with Crippen LogP contribution in [0.15, 0.2) is 10.7 Å². The molecule has 0 bridgehead atoms. The third-order valence-corrected chi connectivity index (χ3v) is 2.36. The average molecular weight is 207 g/mol. The Labute approximate surface area is 70.0 Å². The van der Waals surface area contributed by atoms with Gasteiger partial charge < -0.3 is 0 Å². The molecule has 0 aromatic carbocycles. The third kappa shape index (κ3) is 4.89. The van der Waals surface area contributed by atoms with Crippen molar-refractivity contribution in [1.82, 2.24) is 0 Å². The van der Waals surface area contributed by atoms with Crippen LogP contribution in [-0.4, -0.2) is 20.6 Å². The first-order valence-electron chi connectivity index (χ1n) is 3.39. The molecule has 0 atom stereocenters. The molecule has 0 aromatic heterocycles. The van der Waals surface area contributed by atoms with Crippen molar-refractivity contribution in [2.45, 2.75) is 39.1 Å². The van der Waals surface area contributed by atoms with Crippen LogP contribution in [0.5, 0.6) is 0 Å². The zero-order valence-corrected chi connectivity index (χ0v) is 9.11. The molecule has 0 aromatic rings. The fraction of sp³-hybridized carbons (Fsp3) is 0.750. The van der Waals surface area contributed by atoms with Gasteiger partial charge in [-0.1, -0.05) is 0 Å². The zero-order chi connectivity index (χ0) is 8.20. The molecule has 60 valence electrons. The van der Waals surface area contributed by atoms with Gasteiger partial charge in [0.15, 0.2) is 0 Å². The van der Waals surface area contributed by atoms with Gasteiger partial charge in [-0.3, -0.25) is 0 Å². The van der Waals surface area contributed by atoms with E-state index in [2.05, 4.69) is 26.6 Å². The molecule has 0 saturated carbocycles. The van der Waals surface area contributed by atoms with Gasteiger partial charge in [0.2, 0.25) is 0 Å². The van der Waals surface area contributed by atoms with Gasteiger partial charge in [0.05, 0.1) is 0 Å². The van der Waals surface area contributed by atoms with Gasteiger partial charge in [-0.2, -0.15) is 0 Å². The molecule has 0 heterocycles. The van der Waals surface area contributed by atoms with Gasteiger partial charge in [-0.15, -0.1) is 0 Å². The SMILES string of the molecule is C/C=C(\OC(C)(C)C)[Se]C.